The van der Waals surface area contributed by atoms with Gasteiger partial charge in [0, 0.05) is 17.3 Å². The zero-order valence-electron chi connectivity index (χ0n) is 20.2. The fourth-order valence-electron chi connectivity index (χ4n) is 4.34. The van der Waals surface area contributed by atoms with Crippen LogP contribution < -0.4 is 27.4 Å². The van der Waals surface area contributed by atoms with Crippen LogP contribution in [-0.4, -0.2) is 20.0 Å². The molecule has 2 heterocycles. The topological polar surface area (TPSA) is 118 Å². The summed E-state index contributed by atoms with van der Waals surface area (Å²) < 4.78 is 17.1. The van der Waals surface area contributed by atoms with E-state index in [0.717, 1.165) is 6.08 Å². The van der Waals surface area contributed by atoms with Crippen molar-refractivity contribution in [2.45, 2.75) is 32.7 Å². The van der Waals surface area contributed by atoms with Crippen LogP contribution in [0.4, 0.5) is 21.6 Å². The molecule has 0 radical (unpaired) electrons. The number of hydrogen-bond acceptors (Lipinski definition) is 5. The van der Waals surface area contributed by atoms with Crippen molar-refractivity contribution < 1.29 is 9.18 Å². The van der Waals surface area contributed by atoms with Gasteiger partial charge in [0.2, 0.25) is 5.91 Å². The van der Waals surface area contributed by atoms with Crippen molar-refractivity contribution in [1.82, 2.24) is 14.1 Å². The van der Waals surface area contributed by atoms with Crippen LogP contribution in [0.1, 0.15) is 30.0 Å². The molecule has 5 rings (SSSR count). The van der Waals surface area contributed by atoms with E-state index in [0.29, 0.717) is 29.8 Å². The molecule has 1 aliphatic rings. The number of nitrogens with zero attached hydrogens (tertiary/aromatic N) is 2. The third-order valence-corrected chi connectivity index (χ3v) is 6.33. The Morgan fingerprint density at radius 3 is 2.57 bits per heavy atom. The quantitative estimate of drug-likeness (QED) is 0.348. The molecule has 188 valence electrons. The van der Waals surface area contributed by atoms with Crippen LogP contribution in [0, 0.1) is 19.7 Å². The number of aromatic amines is 1. The van der Waals surface area contributed by atoms with Crippen molar-refractivity contribution in [3.63, 3.8) is 0 Å². The van der Waals surface area contributed by atoms with Gasteiger partial charge in [0.25, 0.3) is 11.1 Å². The highest BCUT2D eigenvalue weighted by Gasteiger charge is 2.31. The number of aryl methyl sites for hydroxylation is 2. The van der Waals surface area contributed by atoms with Gasteiger partial charge in [0.1, 0.15) is 17.0 Å². The molecule has 9 nitrogen and oxygen atoms in total. The number of H-pyrrole nitrogens is 1. The number of anilines is 3. The number of halogens is 1. The van der Waals surface area contributed by atoms with Crippen LogP contribution >= 0.6 is 0 Å². The average Bonchev–Trinajstić information content (AvgIpc) is 3.69. The summed E-state index contributed by atoms with van der Waals surface area (Å²) in [7, 11) is 0. The van der Waals surface area contributed by atoms with E-state index in [1.807, 2.05) is 0 Å². The summed E-state index contributed by atoms with van der Waals surface area (Å²) in [6, 6.07) is 10.7. The minimum absolute atomic E-state index is 0.0161. The van der Waals surface area contributed by atoms with E-state index in [9.17, 15) is 23.6 Å². The molecule has 10 heteroatoms. The average molecular weight is 502 g/mol. The maximum atomic E-state index is 14.7. The van der Waals surface area contributed by atoms with Crippen LogP contribution in [0.5, 0.6) is 0 Å². The van der Waals surface area contributed by atoms with E-state index < -0.39 is 28.5 Å². The van der Waals surface area contributed by atoms with E-state index in [1.165, 1.54) is 28.2 Å². The molecule has 3 N–H and O–H groups in total. The third kappa shape index (κ3) is 4.26. The van der Waals surface area contributed by atoms with Crippen LogP contribution in [0.25, 0.3) is 16.6 Å². The third-order valence-electron chi connectivity index (χ3n) is 6.33. The van der Waals surface area contributed by atoms with Crippen molar-refractivity contribution in [1.29, 1.82) is 0 Å². The molecular weight excluding hydrogens is 477 g/mol. The molecular formula is C27H24FN5O4. The number of aromatic nitrogens is 3. The minimum atomic E-state index is -0.603. The highest BCUT2D eigenvalue weighted by molar-refractivity contribution is 5.99. The molecule has 4 aromatic rings. The Balaban J connectivity index is 1.84. The Labute approximate surface area is 209 Å². The molecule has 0 atom stereocenters. The monoisotopic (exact) mass is 501 g/mol. The predicted octanol–water partition coefficient (Wildman–Crippen LogP) is 3.80. The summed E-state index contributed by atoms with van der Waals surface area (Å²) in [4.78, 5) is 54.9. The van der Waals surface area contributed by atoms with Crippen LogP contribution in [0.2, 0.25) is 0 Å². The second kappa shape index (κ2) is 9.05. The molecule has 1 aliphatic carbocycles. The van der Waals surface area contributed by atoms with Gasteiger partial charge in [0.05, 0.1) is 16.9 Å². The number of carbonyl (C=O) groups is 1. The Bertz CT molecular complexity index is 1780. The van der Waals surface area contributed by atoms with Gasteiger partial charge in [0.15, 0.2) is 0 Å². The summed E-state index contributed by atoms with van der Waals surface area (Å²) >= 11 is 0. The predicted molar refractivity (Wildman–Crippen MR) is 141 cm³/mol. The fourth-order valence-corrected chi connectivity index (χ4v) is 4.34. The van der Waals surface area contributed by atoms with E-state index in [4.69, 9.17) is 0 Å². The molecule has 0 spiro atoms. The number of carbonyl (C=O) groups excluding carboxylic acids is 1. The highest BCUT2D eigenvalue weighted by Crippen LogP contribution is 2.34. The number of pyridine rings is 1. The van der Waals surface area contributed by atoms with Gasteiger partial charge in [-0.05, 0) is 68.7 Å². The molecule has 1 amide bonds. The lowest BCUT2D eigenvalue weighted by Crippen LogP contribution is -2.40. The Morgan fingerprint density at radius 1 is 1.14 bits per heavy atom. The van der Waals surface area contributed by atoms with Gasteiger partial charge >= 0.3 is 5.69 Å². The first-order valence-electron chi connectivity index (χ1n) is 11.7. The van der Waals surface area contributed by atoms with Gasteiger partial charge < -0.3 is 15.6 Å². The maximum Gasteiger partial charge on any atom is 0.336 e. The molecule has 0 unspecified atom stereocenters. The lowest BCUT2D eigenvalue weighted by molar-refractivity contribution is -0.111. The number of nitrogens with one attached hydrogen (secondary N) is 3. The van der Waals surface area contributed by atoms with Crippen molar-refractivity contribution >= 4 is 34.0 Å². The summed E-state index contributed by atoms with van der Waals surface area (Å²) in [6.07, 6.45) is 2.44. The van der Waals surface area contributed by atoms with Crippen LogP contribution in [-0.2, 0) is 4.79 Å². The second-order valence-corrected chi connectivity index (χ2v) is 9.05. The molecule has 1 fully saturated rings. The first-order valence-corrected chi connectivity index (χ1v) is 11.7. The van der Waals surface area contributed by atoms with Crippen molar-refractivity contribution in [2.75, 3.05) is 10.6 Å². The SMILES string of the molecule is C=CC(=O)Nc1cccc(-n2c(=O)n(C3CC3)c(=O)c3c(Nc4ccc(C)cc4F)[nH]c(=O)c(C)c32)c1. The molecule has 2 aromatic heterocycles. The molecule has 1 saturated carbocycles. The summed E-state index contributed by atoms with van der Waals surface area (Å²) in [5.74, 6) is -1.01. The number of benzene rings is 2. The standard InChI is InChI=1S/C27H24FN5O4/c1-4-21(34)29-16-6-5-7-18(13-16)32-23-15(3)25(35)31-24(30-20-11-8-14(2)12-19(20)28)22(23)26(36)33(27(32)37)17-9-10-17/h4-8,11-13,17H,1,9-10H2,2-3H3,(H,29,34)(H2,30,31,35). The smallest absolute Gasteiger partial charge is 0.336 e. The normalized spacial score (nSPS) is 12.9. The largest absolute Gasteiger partial charge is 0.339 e. The Morgan fingerprint density at radius 2 is 1.89 bits per heavy atom. The van der Waals surface area contributed by atoms with Crippen molar-refractivity contribution in [3.8, 4) is 5.69 Å². The van der Waals surface area contributed by atoms with Crippen LogP contribution in [0.15, 0.2) is 69.5 Å². The van der Waals surface area contributed by atoms with Crippen molar-refractivity contribution in [2.24, 2.45) is 0 Å². The zero-order chi connectivity index (χ0) is 26.4. The molecule has 0 aliphatic heterocycles. The lowest BCUT2D eigenvalue weighted by Gasteiger charge is -2.18. The first-order chi connectivity index (χ1) is 17.7. The molecule has 0 bridgehead atoms. The summed E-state index contributed by atoms with van der Waals surface area (Å²) in [6.45, 7) is 6.70. The van der Waals surface area contributed by atoms with E-state index >= 15 is 0 Å². The number of amides is 1. The van der Waals surface area contributed by atoms with Gasteiger partial charge in [-0.1, -0.05) is 18.7 Å². The molecule has 37 heavy (non-hydrogen) atoms. The number of hydrogen-bond donors (Lipinski definition) is 3. The summed E-state index contributed by atoms with van der Waals surface area (Å²) in [5.41, 5.74) is 0.0179. The van der Waals surface area contributed by atoms with Gasteiger partial charge in [-0.15, -0.1) is 0 Å². The first kappa shape index (κ1) is 24.0. The second-order valence-electron chi connectivity index (χ2n) is 9.05. The minimum Gasteiger partial charge on any atom is -0.339 e. The summed E-state index contributed by atoms with van der Waals surface area (Å²) in [5, 5.41) is 5.55. The van der Waals surface area contributed by atoms with E-state index in [-0.39, 0.29) is 34.0 Å². The van der Waals surface area contributed by atoms with Gasteiger partial charge in [-0.25, -0.2) is 9.18 Å². The van der Waals surface area contributed by atoms with E-state index in [1.54, 1.807) is 37.3 Å². The number of fused-ring (bicyclic) bond motifs is 1. The van der Waals surface area contributed by atoms with Crippen molar-refractivity contribution in [3.05, 3.63) is 103 Å². The van der Waals surface area contributed by atoms with Gasteiger partial charge in [-0.3, -0.25) is 23.5 Å². The fraction of sp³-hybridized carbons (Fsp3) is 0.185. The lowest BCUT2D eigenvalue weighted by atomic mass is 10.1. The zero-order valence-corrected chi connectivity index (χ0v) is 20.2. The van der Waals surface area contributed by atoms with E-state index in [2.05, 4.69) is 22.2 Å². The van der Waals surface area contributed by atoms with Gasteiger partial charge in [-0.2, -0.15) is 0 Å². The van der Waals surface area contributed by atoms with Crippen LogP contribution in [0.3, 0.4) is 0 Å². The molecule has 0 saturated heterocycles. The number of rotatable bonds is 6. The Kier molecular flexibility index (Phi) is 5.87. The molecule has 2 aromatic carbocycles. The Hall–Kier alpha value is -4.73. The highest BCUT2D eigenvalue weighted by atomic mass is 19.1. The maximum absolute atomic E-state index is 14.7.